The van der Waals surface area contributed by atoms with E-state index in [0.717, 1.165) is 12.8 Å². The van der Waals surface area contributed by atoms with Crippen molar-refractivity contribution in [3.63, 3.8) is 0 Å². The number of aromatic amines is 1. The number of carbonyl (C=O) groups is 1. The summed E-state index contributed by atoms with van der Waals surface area (Å²) in [6, 6.07) is 1.79. The molecular formula is C14H21N3O3S. The van der Waals surface area contributed by atoms with E-state index in [-0.39, 0.29) is 11.5 Å². The lowest BCUT2D eigenvalue weighted by molar-refractivity contribution is -0.150. The van der Waals surface area contributed by atoms with E-state index in [1.54, 1.807) is 0 Å². The molecule has 1 heterocycles. The number of hydrogen-bond donors (Lipinski definition) is 2. The monoisotopic (exact) mass is 311 g/mol. The average Bonchev–Trinajstić information content (AvgIpc) is 3.23. The predicted octanol–water partition coefficient (Wildman–Crippen LogP) is 1.33. The van der Waals surface area contributed by atoms with E-state index in [1.165, 1.54) is 24.0 Å². The Labute approximate surface area is 128 Å². The third kappa shape index (κ3) is 4.86. The number of hydrogen-bond acceptors (Lipinski definition) is 6. The van der Waals surface area contributed by atoms with Gasteiger partial charge in [0.05, 0.1) is 6.61 Å². The van der Waals surface area contributed by atoms with Gasteiger partial charge in [-0.15, -0.1) is 0 Å². The van der Waals surface area contributed by atoms with Crippen molar-refractivity contribution in [2.24, 2.45) is 0 Å². The number of nitrogens with zero attached hydrogens (tertiary/aromatic N) is 1. The van der Waals surface area contributed by atoms with Gasteiger partial charge in [0.1, 0.15) is 5.54 Å². The molecule has 1 saturated carbocycles. The van der Waals surface area contributed by atoms with Crippen molar-refractivity contribution in [2.75, 3.05) is 12.4 Å². The van der Waals surface area contributed by atoms with Crippen LogP contribution in [0.4, 0.5) is 0 Å². The molecule has 0 aliphatic heterocycles. The molecule has 0 saturated heterocycles. The average molecular weight is 311 g/mol. The number of ether oxygens (including phenoxy) is 1. The Morgan fingerprint density at radius 2 is 2.38 bits per heavy atom. The van der Waals surface area contributed by atoms with Gasteiger partial charge in [0.15, 0.2) is 5.16 Å². The van der Waals surface area contributed by atoms with Crippen LogP contribution in [0.2, 0.25) is 0 Å². The fourth-order valence-corrected chi connectivity index (χ4v) is 2.99. The van der Waals surface area contributed by atoms with Crippen LogP contribution in [0.5, 0.6) is 0 Å². The van der Waals surface area contributed by atoms with Crippen molar-refractivity contribution in [1.82, 2.24) is 15.3 Å². The van der Waals surface area contributed by atoms with E-state index >= 15 is 0 Å². The molecule has 116 valence electrons. The number of rotatable bonds is 8. The Balaban J connectivity index is 1.91. The summed E-state index contributed by atoms with van der Waals surface area (Å²) < 4.78 is 5.17. The Hall–Kier alpha value is -1.34. The van der Waals surface area contributed by atoms with Gasteiger partial charge in [0, 0.05) is 24.1 Å². The molecule has 1 aromatic heterocycles. The van der Waals surface area contributed by atoms with Crippen LogP contribution in [-0.4, -0.2) is 39.9 Å². The van der Waals surface area contributed by atoms with Gasteiger partial charge in [-0.3, -0.25) is 14.9 Å². The lowest BCUT2D eigenvalue weighted by atomic mass is 9.99. The second-order valence-electron chi connectivity index (χ2n) is 5.31. The summed E-state index contributed by atoms with van der Waals surface area (Å²) in [5.74, 6) is 0.453. The van der Waals surface area contributed by atoms with Gasteiger partial charge in [0.2, 0.25) is 0 Å². The maximum absolute atomic E-state index is 12.2. The molecule has 1 unspecified atom stereocenters. The summed E-state index contributed by atoms with van der Waals surface area (Å²) in [6.07, 6.45) is 4.31. The van der Waals surface area contributed by atoms with Crippen LogP contribution >= 0.6 is 11.8 Å². The first-order valence-corrected chi connectivity index (χ1v) is 8.15. The van der Waals surface area contributed by atoms with Crippen LogP contribution in [0.25, 0.3) is 0 Å². The molecule has 1 aromatic rings. The normalized spacial score (nSPS) is 17.2. The van der Waals surface area contributed by atoms with Crippen LogP contribution in [0.1, 0.15) is 33.1 Å². The molecule has 0 aromatic carbocycles. The highest BCUT2D eigenvalue weighted by Crippen LogP contribution is 2.26. The topological polar surface area (TPSA) is 84.1 Å². The summed E-state index contributed by atoms with van der Waals surface area (Å²) in [5.41, 5.74) is -0.851. The van der Waals surface area contributed by atoms with Crippen molar-refractivity contribution < 1.29 is 9.53 Å². The van der Waals surface area contributed by atoms with Crippen LogP contribution in [0.3, 0.4) is 0 Å². The van der Waals surface area contributed by atoms with Crippen LogP contribution in [0.15, 0.2) is 22.2 Å². The van der Waals surface area contributed by atoms with Crippen molar-refractivity contribution in [3.8, 4) is 0 Å². The maximum Gasteiger partial charge on any atom is 0.326 e. The molecule has 1 atom stereocenters. The van der Waals surface area contributed by atoms with Gasteiger partial charge in [-0.25, -0.2) is 4.98 Å². The Kier molecular flexibility index (Phi) is 5.41. The fourth-order valence-electron chi connectivity index (χ4n) is 1.98. The molecule has 0 spiro atoms. The minimum absolute atomic E-state index is 0.170. The fraction of sp³-hybridized carbons (Fsp3) is 0.643. The van der Waals surface area contributed by atoms with Crippen molar-refractivity contribution in [3.05, 3.63) is 22.6 Å². The Morgan fingerprint density at radius 3 is 3.00 bits per heavy atom. The van der Waals surface area contributed by atoms with E-state index in [2.05, 4.69) is 15.3 Å². The molecule has 2 rings (SSSR count). The lowest BCUT2D eigenvalue weighted by Crippen LogP contribution is -2.52. The third-order valence-electron chi connectivity index (χ3n) is 3.31. The number of H-pyrrole nitrogens is 1. The molecule has 7 heteroatoms. The van der Waals surface area contributed by atoms with Gasteiger partial charge in [0.25, 0.3) is 5.56 Å². The molecule has 1 aliphatic rings. The van der Waals surface area contributed by atoms with Crippen LogP contribution < -0.4 is 10.9 Å². The van der Waals surface area contributed by atoms with Crippen molar-refractivity contribution in [2.45, 2.75) is 49.8 Å². The number of thioether (sulfide) groups is 1. The van der Waals surface area contributed by atoms with Gasteiger partial charge in [-0.2, -0.15) is 0 Å². The second kappa shape index (κ2) is 7.09. The van der Waals surface area contributed by atoms with E-state index in [9.17, 15) is 9.59 Å². The number of esters is 1. The van der Waals surface area contributed by atoms with E-state index in [0.29, 0.717) is 30.0 Å². The molecule has 2 N–H and O–H groups in total. The standard InChI is InChI=1S/C14H21N3O3S/c1-3-20-12(19)14(2,17-10-4-5-10)7-9-21-13-15-8-6-11(18)16-13/h6,8,10,17H,3-5,7,9H2,1-2H3,(H,15,16,18). The molecule has 0 radical (unpaired) electrons. The summed E-state index contributed by atoms with van der Waals surface area (Å²) in [7, 11) is 0. The Morgan fingerprint density at radius 1 is 1.62 bits per heavy atom. The molecule has 0 bridgehead atoms. The lowest BCUT2D eigenvalue weighted by Gasteiger charge is -2.28. The third-order valence-corrected chi connectivity index (χ3v) is 4.20. The molecule has 0 amide bonds. The summed E-state index contributed by atoms with van der Waals surface area (Å²) in [6.45, 7) is 4.06. The second-order valence-corrected chi connectivity index (χ2v) is 6.39. The highest BCUT2D eigenvalue weighted by atomic mass is 32.2. The van der Waals surface area contributed by atoms with Crippen molar-refractivity contribution >= 4 is 17.7 Å². The SMILES string of the molecule is CCOC(=O)C(C)(CCSc1nccc(=O)[nH]1)NC1CC1. The molecular weight excluding hydrogens is 290 g/mol. The van der Waals surface area contributed by atoms with E-state index in [1.807, 2.05) is 13.8 Å². The first kappa shape index (κ1) is 16.0. The summed E-state index contributed by atoms with van der Waals surface area (Å²) in [4.78, 5) is 30.1. The van der Waals surface area contributed by atoms with Crippen LogP contribution in [-0.2, 0) is 9.53 Å². The number of carbonyl (C=O) groups excluding carboxylic acids is 1. The zero-order valence-electron chi connectivity index (χ0n) is 12.3. The minimum Gasteiger partial charge on any atom is -0.465 e. The molecule has 21 heavy (non-hydrogen) atoms. The smallest absolute Gasteiger partial charge is 0.326 e. The Bertz CT molecular complexity index is 544. The van der Waals surface area contributed by atoms with E-state index in [4.69, 9.17) is 4.74 Å². The number of aromatic nitrogens is 2. The quantitative estimate of drug-likeness (QED) is 0.428. The molecule has 1 fully saturated rings. The number of nitrogens with one attached hydrogen (secondary N) is 2. The zero-order valence-corrected chi connectivity index (χ0v) is 13.2. The van der Waals surface area contributed by atoms with Crippen molar-refractivity contribution in [1.29, 1.82) is 0 Å². The van der Waals surface area contributed by atoms with E-state index < -0.39 is 5.54 Å². The maximum atomic E-state index is 12.2. The highest BCUT2D eigenvalue weighted by Gasteiger charge is 2.39. The summed E-state index contributed by atoms with van der Waals surface area (Å²) >= 11 is 1.43. The summed E-state index contributed by atoms with van der Waals surface area (Å²) in [5, 5.41) is 3.94. The van der Waals surface area contributed by atoms with Gasteiger partial charge >= 0.3 is 5.97 Å². The minimum atomic E-state index is -0.681. The molecule has 1 aliphatic carbocycles. The van der Waals surface area contributed by atoms with Gasteiger partial charge < -0.3 is 9.72 Å². The highest BCUT2D eigenvalue weighted by molar-refractivity contribution is 7.99. The van der Waals surface area contributed by atoms with Gasteiger partial charge in [-0.05, 0) is 33.1 Å². The first-order valence-electron chi connectivity index (χ1n) is 7.16. The zero-order chi connectivity index (χ0) is 15.3. The van der Waals surface area contributed by atoms with Crippen LogP contribution in [0, 0.1) is 0 Å². The molecule has 6 nitrogen and oxygen atoms in total. The largest absolute Gasteiger partial charge is 0.465 e. The first-order chi connectivity index (χ1) is 10.0. The van der Waals surface area contributed by atoms with Gasteiger partial charge in [-0.1, -0.05) is 11.8 Å². The predicted molar refractivity (Wildman–Crippen MR) is 81.4 cm³/mol.